The molecule has 3 N–H and O–H groups in total. The van der Waals surface area contributed by atoms with E-state index in [2.05, 4.69) is 5.32 Å². The summed E-state index contributed by atoms with van der Waals surface area (Å²) in [4.78, 5) is 35.5. The number of hydrogen-bond donors (Lipinski definition) is 2. The molecule has 29 heavy (non-hydrogen) atoms. The molecule has 0 atom stereocenters. The number of benzene rings is 2. The summed E-state index contributed by atoms with van der Waals surface area (Å²) in [5, 5.41) is 2.70. The van der Waals surface area contributed by atoms with E-state index in [9.17, 15) is 14.4 Å². The molecule has 154 valence electrons. The van der Waals surface area contributed by atoms with Gasteiger partial charge in [0.15, 0.2) is 18.1 Å². The van der Waals surface area contributed by atoms with Crippen LogP contribution in [0.3, 0.4) is 0 Å². The summed E-state index contributed by atoms with van der Waals surface area (Å²) >= 11 is 0. The number of nitrogens with one attached hydrogen (secondary N) is 1. The number of esters is 1. The molecule has 2 aromatic rings. The lowest BCUT2D eigenvalue weighted by atomic mass is 10.1. The molecule has 0 bridgehead atoms. The van der Waals surface area contributed by atoms with Crippen LogP contribution in [0.4, 0.5) is 5.69 Å². The number of rotatable bonds is 9. The second-order valence-electron chi connectivity index (χ2n) is 5.72. The lowest BCUT2D eigenvalue weighted by molar-refractivity contribution is -0.120. The summed E-state index contributed by atoms with van der Waals surface area (Å²) in [6, 6.07) is 9.23. The van der Waals surface area contributed by atoms with Crippen molar-refractivity contribution in [2.75, 3.05) is 32.8 Å². The Balaban J connectivity index is 2.28. The van der Waals surface area contributed by atoms with Gasteiger partial charge in [0.2, 0.25) is 5.75 Å². The minimum atomic E-state index is -0.669. The third-order valence-corrected chi connectivity index (χ3v) is 3.71. The van der Waals surface area contributed by atoms with Crippen molar-refractivity contribution in [1.82, 2.24) is 0 Å². The van der Waals surface area contributed by atoms with Gasteiger partial charge in [-0.3, -0.25) is 9.59 Å². The zero-order valence-electron chi connectivity index (χ0n) is 16.3. The summed E-state index contributed by atoms with van der Waals surface area (Å²) in [5.74, 6) is -1.09. The van der Waals surface area contributed by atoms with Gasteiger partial charge < -0.3 is 30.0 Å². The largest absolute Gasteiger partial charge is 0.493 e. The fourth-order valence-electron chi connectivity index (χ4n) is 2.44. The molecule has 0 spiro atoms. The number of anilines is 1. The molecule has 0 aliphatic heterocycles. The van der Waals surface area contributed by atoms with Crippen LogP contribution < -0.4 is 25.3 Å². The molecule has 9 nitrogen and oxygen atoms in total. The highest BCUT2D eigenvalue weighted by Gasteiger charge is 2.19. The molecular weight excluding hydrogens is 380 g/mol. The van der Waals surface area contributed by atoms with E-state index in [-0.39, 0.29) is 36.0 Å². The Morgan fingerprint density at radius 2 is 1.66 bits per heavy atom. The van der Waals surface area contributed by atoms with Crippen LogP contribution >= 0.6 is 0 Å². The average Bonchev–Trinajstić information content (AvgIpc) is 2.71. The van der Waals surface area contributed by atoms with Crippen molar-refractivity contribution in [3.63, 3.8) is 0 Å². The topological polar surface area (TPSA) is 126 Å². The van der Waals surface area contributed by atoms with E-state index in [0.29, 0.717) is 11.3 Å². The predicted octanol–water partition coefficient (Wildman–Crippen LogP) is 2.00. The van der Waals surface area contributed by atoms with Gasteiger partial charge in [-0.05, 0) is 37.3 Å². The highest BCUT2D eigenvalue weighted by atomic mass is 16.5. The highest BCUT2D eigenvalue weighted by Crippen LogP contribution is 2.38. The summed E-state index contributed by atoms with van der Waals surface area (Å²) < 4.78 is 20.8. The van der Waals surface area contributed by atoms with Gasteiger partial charge in [0.25, 0.3) is 11.8 Å². The van der Waals surface area contributed by atoms with Gasteiger partial charge in [0.05, 0.1) is 26.4 Å². The lowest BCUT2D eigenvalue weighted by Crippen LogP contribution is -2.20. The summed E-state index contributed by atoms with van der Waals surface area (Å²) in [6.07, 6.45) is 0. The molecule has 0 aliphatic rings. The van der Waals surface area contributed by atoms with Crippen molar-refractivity contribution in [3.8, 4) is 17.2 Å². The molecule has 0 saturated carbocycles. The standard InChI is InChI=1S/C20H22N2O7/c1-4-28-20(25)12-6-5-7-14(8-12)22-19(24)13-9-15(26-2)18(16(10-13)27-3)29-11-17(21)23/h5-10H,4,11H2,1-3H3,(H2,21,23)(H,22,24). The maximum atomic E-state index is 12.7. The third-order valence-electron chi connectivity index (χ3n) is 3.71. The Morgan fingerprint density at radius 1 is 1.00 bits per heavy atom. The molecule has 9 heteroatoms. The molecule has 2 rings (SSSR count). The first-order chi connectivity index (χ1) is 13.9. The van der Waals surface area contributed by atoms with E-state index in [1.807, 2.05) is 0 Å². The highest BCUT2D eigenvalue weighted by molar-refractivity contribution is 6.05. The van der Waals surface area contributed by atoms with E-state index in [4.69, 9.17) is 24.7 Å². The van der Waals surface area contributed by atoms with E-state index in [0.717, 1.165) is 0 Å². The van der Waals surface area contributed by atoms with Crippen molar-refractivity contribution in [2.24, 2.45) is 5.73 Å². The van der Waals surface area contributed by atoms with Crippen LogP contribution in [-0.4, -0.2) is 45.2 Å². The minimum absolute atomic E-state index is 0.148. The van der Waals surface area contributed by atoms with Crippen molar-refractivity contribution in [3.05, 3.63) is 47.5 Å². The SMILES string of the molecule is CCOC(=O)c1cccc(NC(=O)c2cc(OC)c(OCC(N)=O)c(OC)c2)c1. The molecule has 0 fully saturated rings. The maximum absolute atomic E-state index is 12.7. The number of ether oxygens (including phenoxy) is 4. The van der Waals surface area contributed by atoms with Gasteiger partial charge in [0.1, 0.15) is 0 Å². The smallest absolute Gasteiger partial charge is 0.338 e. The van der Waals surface area contributed by atoms with Crippen LogP contribution in [-0.2, 0) is 9.53 Å². The second kappa shape index (κ2) is 9.98. The van der Waals surface area contributed by atoms with E-state index < -0.39 is 17.8 Å². The monoisotopic (exact) mass is 402 g/mol. The maximum Gasteiger partial charge on any atom is 0.338 e. The van der Waals surface area contributed by atoms with Crippen LogP contribution in [0.5, 0.6) is 17.2 Å². The quantitative estimate of drug-likeness (QED) is 0.614. The summed E-state index contributed by atoms with van der Waals surface area (Å²) in [5.41, 5.74) is 6.04. The van der Waals surface area contributed by atoms with Crippen LogP contribution in [0, 0.1) is 0 Å². The van der Waals surface area contributed by atoms with Crippen molar-refractivity contribution in [1.29, 1.82) is 0 Å². The molecule has 2 amide bonds. The Bertz CT molecular complexity index is 886. The third kappa shape index (κ3) is 5.61. The number of nitrogens with two attached hydrogens (primary N) is 1. The number of hydrogen-bond acceptors (Lipinski definition) is 7. The van der Waals surface area contributed by atoms with Gasteiger partial charge >= 0.3 is 5.97 Å². The molecule has 2 aromatic carbocycles. The first-order valence-electron chi connectivity index (χ1n) is 8.65. The summed E-state index contributed by atoms with van der Waals surface area (Å²) in [6.45, 7) is 1.58. The minimum Gasteiger partial charge on any atom is -0.493 e. The van der Waals surface area contributed by atoms with Gasteiger partial charge in [0, 0.05) is 11.3 Å². The van der Waals surface area contributed by atoms with Crippen LogP contribution in [0.15, 0.2) is 36.4 Å². The molecule has 0 saturated heterocycles. The number of primary amides is 1. The number of methoxy groups -OCH3 is 2. The van der Waals surface area contributed by atoms with Gasteiger partial charge in [-0.15, -0.1) is 0 Å². The van der Waals surface area contributed by atoms with Crippen molar-refractivity contribution >= 4 is 23.5 Å². The summed E-state index contributed by atoms with van der Waals surface area (Å²) in [7, 11) is 2.77. The van der Waals surface area contributed by atoms with E-state index in [1.165, 1.54) is 32.4 Å². The molecule has 0 aliphatic carbocycles. The Hall–Kier alpha value is -3.75. The lowest BCUT2D eigenvalue weighted by Gasteiger charge is -2.15. The van der Waals surface area contributed by atoms with Crippen LogP contribution in [0.25, 0.3) is 0 Å². The van der Waals surface area contributed by atoms with Crippen LogP contribution in [0.1, 0.15) is 27.6 Å². The van der Waals surface area contributed by atoms with Gasteiger partial charge in [-0.2, -0.15) is 0 Å². The van der Waals surface area contributed by atoms with Crippen LogP contribution in [0.2, 0.25) is 0 Å². The second-order valence-corrected chi connectivity index (χ2v) is 5.72. The van der Waals surface area contributed by atoms with Crippen molar-refractivity contribution in [2.45, 2.75) is 6.92 Å². The normalized spacial score (nSPS) is 10.0. The number of carbonyl (C=O) groups excluding carboxylic acids is 3. The molecule has 0 unspecified atom stereocenters. The Labute approximate surface area is 167 Å². The predicted molar refractivity (Wildman–Crippen MR) is 105 cm³/mol. The van der Waals surface area contributed by atoms with Gasteiger partial charge in [-0.1, -0.05) is 6.07 Å². The zero-order valence-corrected chi connectivity index (χ0v) is 16.3. The molecular formula is C20H22N2O7. The molecule has 0 heterocycles. The van der Waals surface area contributed by atoms with E-state index in [1.54, 1.807) is 25.1 Å². The Morgan fingerprint density at radius 3 is 2.21 bits per heavy atom. The average molecular weight is 402 g/mol. The first kappa shape index (κ1) is 21.5. The molecule has 0 aromatic heterocycles. The van der Waals surface area contributed by atoms with Crippen molar-refractivity contribution < 1.29 is 33.3 Å². The number of amides is 2. The fourth-order valence-corrected chi connectivity index (χ4v) is 2.44. The molecule has 0 radical (unpaired) electrons. The Kier molecular flexibility index (Phi) is 7.41. The fraction of sp³-hybridized carbons (Fsp3) is 0.250. The van der Waals surface area contributed by atoms with Gasteiger partial charge in [-0.25, -0.2) is 4.79 Å². The number of carbonyl (C=O) groups is 3. The first-order valence-corrected chi connectivity index (χ1v) is 8.65. The van der Waals surface area contributed by atoms with E-state index >= 15 is 0 Å². The zero-order chi connectivity index (χ0) is 21.4.